The summed E-state index contributed by atoms with van der Waals surface area (Å²) in [6.45, 7) is 13.3. The van der Waals surface area contributed by atoms with E-state index in [2.05, 4.69) is 175 Å². The molecule has 0 bridgehead atoms. The van der Waals surface area contributed by atoms with E-state index < -0.39 is 5.41 Å². The monoisotopic (exact) mass is 661 g/mol. The summed E-state index contributed by atoms with van der Waals surface area (Å²) in [4.78, 5) is 13.1. The van der Waals surface area contributed by atoms with Gasteiger partial charge in [-0.25, -0.2) is 0 Å². The molecule has 5 aromatic carbocycles. The quantitative estimate of drug-likeness (QED) is 0.184. The summed E-state index contributed by atoms with van der Waals surface area (Å²) in [5.41, 5.74) is 20.5. The Morgan fingerprint density at radius 2 is 0.980 bits per heavy atom. The number of hydrogen-bond donors (Lipinski definition) is 0. The number of nitrogens with zero attached hydrogens (tertiary/aromatic N) is 3. The molecule has 0 radical (unpaired) electrons. The normalized spacial score (nSPS) is 13.1. The third kappa shape index (κ3) is 5.27. The number of pyridine rings is 2. The van der Waals surface area contributed by atoms with Crippen LogP contribution in [0.4, 0.5) is 11.4 Å². The number of anilines is 2. The van der Waals surface area contributed by atoms with Gasteiger partial charge in [0.15, 0.2) is 0 Å². The highest BCUT2D eigenvalue weighted by Gasteiger charge is 2.48. The number of rotatable bonds is 5. The van der Waals surface area contributed by atoms with Gasteiger partial charge >= 0.3 is 0 Å². The van der Waals surface area contributed by atoms with E-state index >= 15 is 0 Å². The van der Waals surface area contributed by atoms with E-state index in [4.69, 9.17) is 9.97 Å². The maximum atomic E-state index is 5.52. The molecule has 0 N–H and O–H groups in total. The van der Waals surface area contributed by atoms with Crippen LogP contribution in [0.5, 0.6) is 0 Å². The van der Waals surface area contributed by atoms with Crippen LogP contribution < -0.4 is 4.90 Å². The molecule has 0 atom stereocenters. The van der Waals surface area contributed by atoms with Gasteiger partial charge in [0.1, 0.15) is 5.41 Å². The van der Waals surface area contributed by atoms with Gasteiger partial charge in [0.05, 0.1) is 17.1 Å². The first-order valence-corrected chi connectivity index (χ1v) is 17.8. The number of fused-ring (bicyclic) bond motifs is 2. The fourth-order valence-corrected chi connectivity index (χ4v) is 8.79. The average molecular weight is 662 g/mol. The second kappa shape index (κ2) is 12.5. The average Bonchev–Trinajstić information content (AvgIpc) is 3.12. The first-order chi connectivity index (χ1) is 24.7. The summed E-state index contributed by atoms with van der Waals surface area (Å²) < 4.78 is 0. The van der Waals surface area contributed by atoms with E-state index in [1.807, 2.05) is 12.3 Å². The molecule has 8 rings (SSSR count). The standard InChI is InChI=1S/C48H43N3/c1-30-24-32(3)46(33(4)25-30)37-19-21-39-42(28-37)51(7)43-29-38(47-34(5)26-31(2)27-35(47)6)20-22-40(43)48(39,44-17-11-12-23-49-44)45-18-13-16-41(50-45)36-14-9-8-10-15-36/h8-29H,1-7H3. The molecule has 51 heavy (non-hydrogen) atoms. The van der Waals surface area contributed by atoms with Gasteiger partial charge in [0.2, 0.25) is 0 Å². The van der Waals surface area contributed by atoms with Crippen LogP contribution in [-0.2, 0) is 5.41 Å². The van der Waals surface area contributed by atoms with Crippen LogP contribution in [0.2, 0.25) is 0 Å². The van der Waals surface area contributed by atoms with Crippen LogP contribution >= 0.6 is 0 Å². The molecule has 250 valence electrons. The Bertz CT molecular complexity index is 2290. The second-order valence-electron chi connectivity index (χ2n) is 14.3. The molecule has 0 saturated carbocycles. The minimum absolute atomic E-state index is 0.783. The molecule has 3 heteroatoms. The fourth-order valence-electron chi connectivity index (χ4n) is 8.79. The van der Waals surface area contributed by atoms with Crippen LogP contribution in [0.15, 0.2) is 134 Å². The number of aromatic nitrogens is 2. The summed E-state index contributed by atoms with van der Waals surface area (Å²) in [5, 5.41) is 0. The lowest BCUT2D eigenvalue weighted by atomic mass is 9.65. The lowest BCUT2D eigenvalue weighted by Crippen LogP contribution is -2.39. The van der Waals surface area contributed by atoms with Gasteiger partial charge in [-0.15, -0.1) is 0 Å². The Morgan fingerprint density at radius 3 is 1.49 bits per heavy atom. The van der Waals surface area contributed by atoms with Crippen molar-refractivity contribution in [2.75, 3.05) is 11.9 Å². The zero-order valence-corrected chi connectivity index (χ0v) is 30.5. The van der Waals surface area contributed by atoms with Crippen molar-refractivity contribution in [1.82, 2.24) is 9.97 Å². The highest BCUT2D eigenvalue weighted by atomic mass is 15.1. The highest BCUT2D eigenvalue weighted by molar-refractivity contribution is 5.88. The van der Waals surface area contributed by atoms with Crippen molar-refractivity contribution in [3.8, 4) is 33.5 Å². The molecule has 0 saturated heterocycles. The summed E-state index contributed by atoms with van der Waals surface area (Å²) in [6, 6.07) is 46.4. The number of benzene rings is 5. The predicted octanol–water partition coefficient (Wildman–Crippen LogP) is 11.8. The van der Waals surface area contributed by atoms with Crippen LogP contribution in [0.3, 0.4) is 0 Å². The predicted molar refractivity (Wildman–Crippen MR) is 213 cm³/mol. The molecule has 0 amide bonds. The zero-order valence-electron chi connectivity index (χ0n) is 30.5. The van der Waals surface area contributed by atoms with Gasteiger partial charge in [-0.2, -0.15) is 0 Å². The van der Waals surface area contributed by atoms with Crippen molar-refractivity contribution in [3.05, 3.63) is 189 Å². The first kappa shape index (κ1) is 32.4. The Kier molecular flexibility index (Phi) is 7.95. The second-order valence-corrected chi connectivity index (χ2v) is 14.3. The van der Waals surface area contributed by atoms with Crippen molar-refractivity contribution < 1.29 is 0 Å². The maximum Gasteiger partial charge on any atom is 0.108 e. The van der Waals surface area contributed by atoms with E-state index in [-0.39, 0.29) is 0 Å². The molecule has 0 unspecified atom stereocenters. The van der Waals surface area contributed by atoms with Gasteiger partial charge in [0.25, 0.3) is 0 Å². The molecule has 0 fully saturated rings. The minimum atomic E-state index is -0.783. The molecular weight excluding hydrogens is 619 g/mol. The number of aryl methyl sites for hydroxylation is 6. The summed E-state index contributed by atoms with van der Waals surface area (Å²) in [5.74, 6) is 0. The lowest BCUT2D eigenvalue weighted by molar-refractivity contribution is 0.676. The maximum absolute atomic E-state index is 5.52. The van der Waals surface area contributed by atoms with Crippen LogP contribution in [-0.4, -0.2) is 17.0 Å². The lowest BCUT2D eigenvalue weighted by Gasteiger charge is -2.44. The van der Waals surface area contributed by atoms with Gasteiger partial charge in [0, 0.05) is 30.2 Å². The molecule has 0 spiro atoms. The molecule has 1 aliphatic heterocycles. The molecule has 3 heterocycles. The minimum Gasteiger partial charge on any atom is -0.344 e. The Labute approximate surface area is 302 Å². The topological polar surface area (TPSA) is 29.0 Å². The largest absolute Gasteiger partial charge is 0.344 e. The van der Waals surface area contributed by atoms with E-state index in [1.165, 1.54) is 55.6 Å². The van der Waals surface area contributed by atoms with Crippen LogP contribution in [0.1, 0.15) is 55.9 Å². The van der Waals surface area contributed by atoms with E-state index in [0.717, 1.165) is 45.1 Å². The SMILES string of the molecule is Cc1cc(C)c(-c2ccc3c(c2)N(C)c2cc(-c4c(C)cc(C)cc4C)ccc2C3(c2ccccn2)c2cccc(-c3ccccc3)n2)c(C)c1. The Balaban J connectivity index is 1.47. The van der Waals surface area contributed by atoms with Crippen molar-refractivity contribution in [2.24, 2.45) is 0 Å². The van der Waals surface area contributed by atoms with Gasteiger partial charge in [-0.1, -0.05) is 102 Å². The van der Waals surface area contributed by atoms with Crippen LogP contribution in [0.25, 0.3) is 33.5 Å². The molecule has 2 aromatic heterocycles. The van der Waals surface area contributed by atoms with E-state index in [1.54, 1.807) is 0 Å². The Morgan fingerprint density at radius 1 is 0.471 bits per heavy atom. The van der Waals surface area contributed by atoms with Gasteiger partial charge < -0.3 is 4.90 Å². The van der Waals surface area contributed by atoms with Crippen LogP contribution in [0, 0.1) is 41.5 Å². The van der Waals surface area contributed by atoms with Crippen molar-refractivity contribution >= 4 is 11.4 Å². The molecule has 0 aliphatic carbocycles. The third-order valence-corrected chi connectivity index (χ3v) is 10.7. The molecule has 1 aliphatic rings. The number of hydrogen-bond acceptors (Lipinski definition) is 3. The summed E-state index contributed by atoms with van der Waals surface area (Å²) in [6.07, 6.45) is 1.91. The van der Waals surface area contributed by atoms with Crippen molar-refractivity contribution in [2.45, 2.75) is 47.0 Å². The highest BCUT2D eigenvalue weighted by Crippen LogP contribution is 2.56. The smallest absolute Gasteiger partial charge is 0.108 e. The molecule has 3 nitrogen and oxygen atoms in total. The fraction of sp³-hybridized carbons (Fsp3) is 0.167. The van der Waals surface area contributed by atoms with E-state index in [0.29, 0.717) is 0 Å². The van der Waals surface area contributed by atoms with Crippen molar-refractivity contribution in [1.29, 1.82) is 0 Å². The van der Waals surface area contributed by atoms with Crippen molar-refractivity contribution in [3.63, 3.8) is 0 Å². The van der Waals surface area contributed by atoms with E-state index in [9.17, 15) is 0 Å². The third-order valence-electron chi connectivity index (χ3n) is 10.7. The molecular formula is C48H43N3. The summed E-state index contributed by atoms with van der Waals surface area (Å²) in [7, 11) is 2.21. The zero-order chi connectivity index (χ0) is 35.4. The first-order valence-electron chi connectivity index (χ1n) is 17.8. The Hall–Kier alpha value is -5.80. The van der Waals surface area contributed by atoms with Gasteiger partial charge in [-0.3, -0.25) is 9.97 Å². The summed E-state index contributed by atoms with van der Waals surface area (Å²) >= 11 is 0. The molecule has 7 aromatic rings. The van der Waals surface area contributed by atoms with Gasteiger partial charge in [-0.05, 0) is 134 Å².